The lowest BCUT2D eigenvalue weighted by molar-refractivity contribution is 0.276. The van der Waals surface area contributed by atoms with E-state index in [1.54, 1.807) is 12.3 Å². The number of hydrogen-bond acceptors (Lipinski definition) is 3. The SMILES string of the molecule is Cc1ccccc1Cc1nccc(CO)n1. The van der Waals surface area contributed by atoms with Gasteiger partial charge in [-0.15, -0.1) is 0 Å². The lowest BCUT2D eigenvalue weighted by Crippen LogP contribution is -2.00. The summed E-state index contributed by atoms with van der Waals surface area (Å²) in [5, 5.41) is 8.99. The molecule has 1 N–H and O–H groups in total. The van der Waals surface area contributed by atoms with Crippen LogP contribution in [0.3, 0.4) is 0 Å². The zero-order valence-corrected chi connectivity index (χ0v) is 9.22. The summed E-state index contributed by atoms with van der Waals surface area (Å²) in [6, 6.07) is 9.90. The van der Waals surface area contributed by atoms with E-state index in [1.165, 1.54) is 11.1 Å². The van der Waals surface area contributed by atoms with Crippen LogP contribution in [-0.4, -0.2) is 15.1 Å². The zero-order chi connectivity index (χ0) is 11.4. The number of nitrogens with zero attached hydrogens (tertiary/aromatic N) is 2. The Bertz CT molecular complexity index is 483. The minimum atomic E-state index is -0.0384. The number of hydrogen-bond donors (Lipinski definition) is 1. The van der Waals surface area contributed by atoms with Gasteiger partial charge in [-0.1, -0.05) is 24.3 Å². The molecule has 1 aromatic carbocycles. The summed E-state index contributed by atoms with van der Waals surface area (Å²) in [6.07, 6.45) is 2.40. The Morgan fingerprint density at radius 3 is 2.75 bits per heavy atom. The van der Waals surface area contributed by atoms with Gasteiger partial charge < -0.3 is 5.11 Å². The molecule has 0 spiro atoms. The van der Waals surface area contributed by atoms with E-state index in [-0.39, 0.29) is 6.61 Å². The van der Waals surface area contributed by atoms with Crippen molar-refractivity contribution in [3.63, 3.8) is 0 Å². The van der Waals surface area contributed by atoms with Gasteiger partial charge in [0.05, 0.1) is 12.3 Å². The summed E-state index contributed by atoms with van der Waals surface area (Å²) in [7, 11) is 0. The maximum absolute atomic E-state index is 8.99. The van der Waals surface area contributed by atoms with Gasteiger partial charge in [0.1, 0.15) is 5.82 Å². The fraction of sp³-hybridized carbons (Fsp3) is 0.231. The summed E-state index contributed by atoms with van der Waals surface area (Å²) in [4.78, 5) is 8.47. The maximum atomic E-state index is 8.99. The summed E-state index contributed by atoms with van der Waals surface area (Å²) in [5.41, 5.74) is 3.12. The molecule has 2 aromatic rings. The van der Waals surface area contributed by atoms with Crippen LogP contribution < -0.4 is 0 Å². The van der Waals surface area contributed by atoms with Crippen molar-refractivity contribution in [1.29, 1.82) is 0 Å². The molecular formula is C13H14N2O. The second-order valence-electron chi connectivity index (χ2n) is 3.73. The lowest BCUT2D eigenvalue weighted by Gasteiger charge is -2.05. The third-order valence-corrected chi connectivity index (χ3v) is 2.53. The number of aryl methyl sites for hydroxylation is 1. The Morgan fingerprint density at radius 1 is 1.19 bits per heavy atom. The Kier molecular flexibility index (Phi) is 3.27. The standard InChI is InChI=1S/C13H14N2O/c1-10-4-2-3-5-11(10)8-13-14-7-6-12(9-16)15-13/h2-7,16H,8-9H2,1H3. The van der Waals surface area contributed by atoms with Gasteiger partial charge in [0.25, 0.3) is 0 Å². The van der Waals surface area contributed by atoms with Crippen LogP contribution in [0.2, 0.25) is 0 Å². The van der Waals surface area contributed by atoms with Crippen molar-refractivity contribution in [1.82, 2.24) is 9.97 Å². The van der Waals surface area contributed by atoms with Gasteiger partial charge in [0, 0.05) is 12.6 Å². The van der Waals surface area contributed by atoms with Crippen molar-refractivity contribution < 1.29 is 5.11 Å². The molecule has 2 rings (SSSR count). The molecule has 0 aliphatic heterocycles. The first-order valence-corrected chi connectivity index (χ1v) is 5.26. The largest absolute Gasteiger partial charge is 0.390 e. The number of aliphatic hydroxyl groups is 1. The van der Waals surface area contributed by atoms with Crippen LogP contribution in [-0.2, 0) is 13.0 Å². The Balaban J connectivity index is 2.24. The molecule has 0 aliphatic carbocycles. The van der Waals surface area contributed by atoms with Crippen molar-refractivity contribution in [2.75, 3.05) is 0 Å². The van der Waals surface area contributed by atoms with E-state index in [9.17, 15) is 0 Å². The highest BCUT2D eigenvalue weighted by Gasteiger charge is 2.02. The molecule has 1 aromatic heterocycles. The fourth-order valence-corrected chi connectivity index (χ4v) is 1.59. The monoisotopic (exact) mass is 214 g/mol. The molecule has 0 saturated heterocycles. The van der Waals surface area contributed by atoms with Crippen LogP contribution in [0.15, 0.2) is 36.5 Å². The summed E-state index contributed by atoms with van der Waals surface area (Å²) >= 11 is 0. The normalized spacial score (nSPS) is 10.4. The predicted molar refractivity (Wildman–Crippen MR) is 61.9 cm³/mol. The van der Waals surface area contributed by atoms with Gasteiger partial charge in [-0.3, -0.25) is 0 Å². The van der Waals surface area contributed by atoms with Crippen LogP contribution in [0.4, 0.5) is 0 Å². The third-order valence-electron chi connectivity index (χ3n) is 2.53. The van der Waals surface area contributed by atoms with E-state index in [0.29, 0.717) is 12.1 Å². The van der Waals surface area contributed by atoms with Crippen LogP contribution in [0, 0.1) is 6.92 Å². The fourth-order valence-electron chi connectivity index (χ4n) is 1.59. The second kappa shape index (κ2) is 4.86. The predicted octanol–water partition coefficient (Wildman–Crippen LogP) is 1.87. The van der Waals surface area contributed by atoms with Gasteiger partial charge in [0.2, 0.25) is 0 Å². The highest BCUT2D eigenvalue weighted by molar-refractivity contribution is 5.28. The van der Waals surface area contributed by atoms with Crippen LogP contribution >= 0.6 is 0 Å². The molecule has 16 heavy (non-hydrogen) atoms. The van der Waals surface area contributed by atoms with Crippen LogP contribution in [0.1, 0.15) is 22.6 Å². The topological polar surface area (TPSA) is 46.0 Å². The average molecular weight is 214 g/mol. The van der Waals surface area contributed by atoms with Gasteiger partial charge in [-0.2, -0.15) is 0 Å². The maximum Gasteiger partial charge on any atom is 0.133 e. The van der Waals surface area contributed by atoms with Crippen molar-refractivity contribution in [3.05, 3.63) is 59.2 Å². The molecular weight excluding hydrogens is 200 g/mol. The minimum Gasteiger partial charge on any atom is -0.390 e. The van der Waals surface area contributed by atoms with Crippen LogP contribution in [0.5, 0.6) is 0 Å². The highest BCUT2D eigenvalue weighted by Crippen LogP contribution is 2.10. The molecule has 1 heterocycles. The van der Waals surface area contributed by atoms with Gasteiger partial charge in [0.15, 0.2) is 0 Å². The Morgan fingerprint density at radius 2 is 2.00 bits per heavy atom. The van der Waals surface area contributed by atoms with E-state index in [2.05, 4.69) is 29.0 Å². The molecule has 0 fully saturated rings. The molecule has 0 atom stereocenters. The van der Waals surface area contributed by atoms with E-state index >= 15 is 0 Å². The quantitative estimate of drug-likeness (QED) is 0.848. The first-order valence-electron chi connectivity index (χ1n) is 5.26. The Labute approximate surface area is 94.8 Å². The molecule has 0 amide bonds. The van der Waals surface area contributed by atoms with E-state index < -0.39 is 0 Å². The Hall–Kier alpha value is -1.74. The first-order chi connectivity index (χ1) is 7.79. The van der Waals surface area contributed by atoms with Gasteiger partial charge in [-0.25, -0.2) is 9.97 Å². The smallest absolute Gasteiger partial charge is 0.133 e. The van der Waals surface area contributed by atoms with E-state index in [0.717, 1.165) is 5.82 Å². The van der Waals surface area contributed by atoms with Crippen LogP contribution in [0.25, 0.3) is 0 Å². The third kappa shape index (κ3) is 2.44. The molecule has 82 valence electrons. The summed E-state index contributed by atoms with van der Waals surface area (Å²) in [6.45, 7) is 2.04. The van der Waals surface area contributed by atoms with E-state index in [1.807, 2.05) is 12.1 Å². The number of aliphatic hydroxyl groups excluding tert-OH is 1. The minimum absolute atomic E-state index is 0.0384. The molecule has 3 heteroatoms. The number of benzene rings is 1. The average Bonchev–Trinajstić information content (AvgIpc) is 2.32. The molecule has 0 unspecified atom stereocenters. The van der Waals surface area contributed by atoms with Crippen molar-refractivity contribution in [3.8, 4) is 0 Å². The molecule has 0 saturated carbocycles. The van der Waals surface area contributed by atoms with Crippen molar-refractivity contribution >= 4 is 0 Å². The van der Waals surface area contributed by atoms with Gasteiger partial charge in [-0.05, 0) is 24.1 Å². The molecule has 0 bridgehead atoms. The molecule has 0 radical (unpaired) electrons. The zero-order valence-electron chi connectivity index (χ0n) is 9.22. The molecule has 0 aliphatic rings. The summed E-state index contributed by atoms with van der Waals surface area (Å²) in [5.74, 6) is 0.751. The van der Waals surface area contributed by atoms with Gasteiger partial charge >= 0.3 is 0 Å². The van der Waals surface area contributed by atoms with Crippen molar-refractivity contribution in [2.24, 2.45) is 0 Å². The van der Waals surface area contributed by atoms with E-state index in [4.69, 9.17) is 5.11 Å². The summed E-state index contributed by atoms with van der Waals surface area (Å²) < 4.78 is 0. The highest BCUT2D eigenvalue weighted by atomic mass is 16.3. The lowest BCUT2D eigenvalue weighted by atomic mass is 10.1. The first kappa shape index (κ1) is 10.8. The number of aromatic nitrogens is 2. The van der Waals surface area contributed by atoms with Crippen molar-refractivity contribution in [2.45, 2.75) is 20.0 Å². The second-order valence-corrected chi connectivity index (χ2v) is 3.73. The number of rotatable bonds is 3. The molecule has 3 nitrogen and oxygen atoms in total.